The zero-order valence-corrected chi connectivity index (χ0v) is 12.0. The topological polar surface area (TPSA) is 25.2 Å². The van der Waals surface area contributed by atoms with Crippen LogP contribution in [-0.2, 0) is 0 Å². The smallest absolute Gasteiger partial charge is 0.152 e. The highest BCUT2D eigenvalue weighted by atomic mass is 35.5. The molecule has 1 aliphatic carbocycles. The van der Waals surface area contributed by atoms with Crippen LogP contribution in [0.15, 0.2) is 28.7 Å². The molecule has 0 aliphatic heterocycles. The van der Waals surface area contributed by atoms with Crippen molar-refractivity contribution < 1.29 is 4.42 Å². The van der Waals surface area contributed by atoms with E-state index in [9.17, 15) is 0 Å². The van der Waals surface area contributed by atoms with Crippen molar-refractivity contribution in [3.8, 4) is 0 Å². The zero-order valence-electron chi connectivity index (χ0n) is 11.3. The third kappa shape index (κ3) is 2.65. The van der Waals surface area contributed by atoms with Gasteiger partial charge in [0.05, 0.1) is 5.02 Å². The Balaban J connectivity index is 1.85. The summed E-state index contributed by atoms with van der Waals surface area (Å²) >= 11 is 6.18. The van der Waals surface area contributed by atoms with E-state index in [2.05, 4.69) is 24.4 Å². The van der Waals surface area contributed by atoms with Crippen molar-refractivity contribution >= 4 is 22.6 Å². The Labute approximate surface area is 119 Å². The van der Waals surface area contributed by atoms with Gasteiger partial charge in [0.2, 0.25) is 0 Å². The van der Waals surface area contributed by atoms with Crippen LogP contribution in [0.5, 0.6) is 0 Å². The molecule has 102 valence electrons. The molecule has 0 amide bonds. The molecule has 3 heteroatoms. The highest BCUT2D eigenvalue weighted by molar-refractivity contribution is 6.34. The molecule has 1 heterocycles. The highest BCUT2D eigenvalue weighted by Gasteiger charge is 2.25. The summed E-state index contributed by atoms with van der Waals surface area (Å²) in [5, 5.41) is 5.39. The summed E-state index contributed by atoms with van der Waals surface area (Å²) in [4.78, 5) is 0. The maximum atomic E-state index is 6.18. The summed E-state index contributed by atoms with van der Waals surface area (Å²) in [7, 11) is 0. The third-order valence-corrected chi connectivity index (χ3v) is 4.38. The van der Waals surface area contributed by atoms with Gasteiger partial charge in [0.1, 0.15) is 5.76 Å². The van der Waals surface area contributed by atoms with Gasteiger partial charge in [0.15, 0.2) is 5.58 Å². The van der Waals surface area contributed by atoms with E-state index in [4.69, 9.17) is 16.0 Å². The van der Waals surface area contributed by atoms with E-state index in [1.54, 1.807) is 0 Å². The van der Waals surface area contributed by atoms with E-state index in [0.717, 1.165) is 23.3 Å². The van der Waals surface area contributed by atoms with Gasteiger partial charge < -0.3 is 9.73 Å². The first-order valence-corrected chi connectivity index (χ1v) is 7.57. The van der Waals surface area contributed by atoms with Crippen molar-refractivity contribution in [2.24, 2.45) is 0 Å². The van der Waals surface area contributed by atoms with Crippen LogP contribution in [-0.4, -0.2) is 12.6 Å². The monoisotopic (exact) mass is 277 g/mol. The first-order valence-electron chi connectivity index (χ1n) is 7.19. The summed E-state index contributed by atoms with van der Waals surface area (Å²) < 4.78 is 6.01. The molecule has 1 saturated carbocycles. The molecule has 1 aliphatic rings. The summed E-state index contributed by atoms with van der Waals surface area (Å²) in [5.41, 5.74) is 0.838. The van der Waals surface area contributed by atoms with Gasteiger partial charge in [0, 0.05) is 17.3 Å². The van der Waals surface area contributed by atoms with Gasteiger partial charge >= 0.3 is 0 Å². The normalized spacial score (nSPS) is 23.9. The van der Waals surface area contributed by atoms with E-state index in [-0.39, 0.29) is 0 Å². The first kappa shape index (κ1) is 13.0. The Hall–Kier alpha value is -0.990. The van der Waals surface area contributed by atoms with Crippen molar-refractivity contribution in [2.45, 2.75) is 44.6 Å². The largest absolute Gasteiger partial charge is 0.459 e. The van der Waals surface area contributed by atoms with Gasteiger partial charge in [-0.15, -0.1) is 0 Å². The fourth-order valence-electron chi connectivity index (χ4n) is 3.17. The number of halogens is 1. The maximum absolute atomic E-state index is 6.18. The number of rotatable bonds is 3. The van der Waals surface area contributed by atoms with Crippen LogP contribution in [0.2, 0.25) is 5.02 Å². The van der Waals surface area contributed by atoms with Crippen LogP contribution < -0.4 is 5.32 Å². The van der Waals surface area contributed by atoms with E-state index in [1.165, 1.54) is 25.7 Å². The highest BCUT2D eigenvalue weighted by Crippen LogP contribution is 2.37. The summed E-state index contributed by atoms with van der Waals surface area (Å²) in [6.07, 6.45) is 4.95. The minimum absolute atomic E-state index is 0.529. The standard InChI is InChI=1S/C16H20ClNO/c1-2-18-13-7-3-5-11(9-13)15-10-12-6-4-8-14(17)16(12)19-15/h4,6,8,10-11,13,18H,2-3,5,7,9H2,1H3. The zero-order chi connectivity index (χ0) is 13.2. The van der Waals surface area contributed by atoms with Crippen molar-refractivity contribution in [1.82, 2.24) is 5.32 Å². The van der Waals surface area contributed by atoms with E-state index in [0.29, 0.717) is 17.0 Å². The van der Waals surface area contributed by atoms with Gasteiger partial charge in [-0.3, -0.25) is 0 Å². The molecule has 19 heavy (non-hydrogen) atoms. The summed E-state index contributed by atoms with van der Waals surface area (Å²) in [6, 6.07) is 8.73. The number of fused-ring (bicyclic) bond motifs is 1. The molecule has 3 rings (SSSR count). The van der Waals surface area contributed by atoms with E-state index < -0.39 is 0 Å². The van der Waals surface area contributed by atoms with Crippen LogP contribution in [0, 0.1) is 0 Å². The molecule has 0 bridgehead atoms. The third-order valence-electron chi connectivity index (χ3n) is 4.08. The quantitative estimate of drug-likeness (QED) is 0.878. The maximum Gasteiger partial charge on any atom is 0.152 e. The van der Waals surface area contributed by atoms with E-state index >= 15 is 0 Å². The van der Waals surface area contributed by atoms with Crippen LogP contribution in [0.1, 0.15) is 44.3 Å². The van der Waals surface area contributed by atoms with Crippen molar-refractivity contribution in [3.05, 3.63) is 35.0 Å². The minimum Gasteiger partial charge on any atom is -0.459 e. The van der Waals surface area contributed by atoms with Crippen LogP contribution >= 0.6 is 11.6 Å². The molecular weight excluding hydrogens is 258 g/mol. The lowest BCUT2D eigenvalue weighted by Gasteiger charge is -2.28. The number of nitrogens with one attached hydrogen (secondary N) is 1. The van der Waals surface area contributed by atoms with Gasteiger partial charge in [-0.25, -0.2) is 0 Å². The Morgan fingerprint density at radius 1 is 1.37 bits per heavy atom. The molecule has 1 aromatic heterocycles. The molecule has 2 unspecified atom stereocenters. The summed E-state index contributed by atoms with van der Waals surface area (Å²) in [5.74, 6) is 1.63. The fourth-order valence-corrected chi connectivity index (χ4v) is 3.39. The van der Waals surface area contributed by atoms with Crippen molar-refractivity contribution in [1.29, 1.82) is 0 Å². The first-order chi connectivity index (χ1) is 9.28. The molecule has 0 spiro atoms. The Morgan fingerprint density at radius 2 is 2.26 bits per heavy atom. The number of para-hydroxylation sites is 1. The Morgan fingerprint density at radius 3 is 3.05 bits per heavy atom. The molecular formula is C16H20ClNO. The number of hydrogen-bond acceptors (Lipinski definition) is 2. The Bertz CT molecular complexity index is 561. The number of furan rings is 1. The van der Waals surface area contributed by atoms with Gasteiger partial charge in [-0.2, -0.15) is 0 Å². The molecule has 0 saturated heterocycles. The number of benzene rings is 1. The SMILES string of the molecule is CCNC1CCCC(c2cc3cccc(Cl)c3o2)C1. The summed E-state index contributed by atoms with van der Waals surface area (Å²) in [6.45, 7) is 3.22. The second kappa shape index (κ2) is 5.56. The molecule has 0 radical (unpaired) electrons. The number of hydrogen-bond donors (Lipinski definition) is 1. The predicted molar refractivity (Wildman–Crippen MR) is 79.9 cm³/mol. The van der Waals surface area contributed by atoms with Gasteiger partial charge in [-0.05, 0) is 37.9 Å². The van der Waals surface area contributed by atoms with E-state index in [1.807, 2.05) is 12.1 Å². The van der Waals surface area contributed by atoms with Crippen molar-refractivity contribution in [3.63, 3.8) is 0 Å². The van der Waals surface area contributed by atoms with Crippen LogP contribution in [0.25, 0.3) is 11.0 Å². The lowest BCUT2D eigenvalue weighted by atomic mass is 9.84. The van der Waals surface area contributed by atoms with Gasteiger partial charge in [-0.1, -0.05) is 37.1 Å². The van der Waals surface area contributed by atoms with Crippen molar-refractivity contribution in [2.75, 3.05) is 6.54 Å². The molecule has 1 fully saturated rings. The molecule has 2 aromatic rings. The minimum atomic E-state index is 0.529. The van der Waals surface area contributed by atoms with Crippen LogP contribution in [0.4, 0.5) is 0 Å². The Kier molecular flexibility index (Phi) is 3.81. The molecule has 2 nitrogen and oxygen atoms in total. The lowest BCUT2D eigenvalue weighted by Crippen LogP contribution is -2.33. The second-order valence-electron chi connectivity index (χ2n) is 5.43. The lowest BCUT2D eigenvalue weighted by molar-refractivity contribution is 0.317. The van der Waals surface area contributed by atoms with Crippen LogP contribution in [0.3, 0.4) is 0 Å². The second-order valence-corrected chi connectivity index (χ2v) is 5.83. The predicted octanol–water partition coefficient (Wildman–Crippen LogP) is 4.72. The average molecular weight is 278 g/mol. The average Bonchev–Trinajstić information content (AvgIpc) is 2.85. The fraction of sp³-hybridized carbons (Fsp3) is 0.500. The van der Waals surface area contributed by atoms with Gasteiger partial charge in [0.25, 0.3) is 0 Å². The molecule has 1 aromatic carbocycles. The molecule has 1 N–H and O–H groups in total. The molecule has 2 atom stereocenters.